The first-order valence-corrected chi connectivity index (χ1v) is 4.31. The molecule has 6 heteroatoms. The van der Waals surface area contributed by atoms with E-state index < -0.39 is 5.38 Å². The Kier molecular flexibility index (Phi) is 3.33. The second-order valence-electron chi connectivity index (χ2n) is 2.29. The van der Waals surface area contributed by atoms with Crippen LogP contribution in [0.1, 0.15) is 11.2 Å². The fourth-order valence-electron chi connectivity index (χ4n) is 0.701. The Morgan fingerprint density at radius 3 is 2.69 bits per heavy atom. The number of alkyl halides is 1. The van der Waals surface area contributed by atoms with Crippen LogP contribution in [-0.2, 0) is 0 Å². The van der Waals surface area contributed by atoms with Gasteiger partial charge in [0.25, 0.3) is 0 Å². The molecule has 1 aromatic rings. The minimum atomic E-state index is -0.486. The number of nitrogens with two attached hydrogens (primary N) is 2. The third kappa shape index (κ3) is 2.47. The lowest BCUT2D eigenvalue weighted by Crippen LogP contribution is -2.04. The van der Waals surface area contributed by atoms with Gasteiger partial charge < -0.3 is 11.5 Å². The zero-order valence-corrected chi connectivity index (χ0v) is 8.13. The van der Waals surface area contributed by atoms with E-state index in [1.165, 1.54) is 17.8 Å². The Hall–Kier alpha value is -1.00. The standard InChI is InChI=1S/C7H8Cl2N4/c8-2-1-4(9)7-12-3-5(10)6(11)13-7/h1-4H,10H2,(H2,11,12,13). The Balaban J connectivity index is 2.96. The highest BCUT2D eigenvalue weighted by Gasteiger charge is 2.08. The summed E-state index contributed by atoms with van der Waals surface area (Å²) >= 11 is 11.2. The van der Waals surface area contributed by atoms with E-state index in [2.05, 4.69) is 9.97 Å². The highest BCUT2D eigenvalue weighted by molar-refractivity contribution is 6.27. The van der Waals surface area contributed by atoms with E-state index in [0.29, 0.717) is 11.5 Å². The van der Waals surface area contributed by atoms with Gasteiger partial charge in [0.15, 0.2) is 5.82 Å². The normalized spacial score (nSPS) is 13.4. The maximum atomic E-state index is 5.84. The molecular weight excluding hydrogens is 211 g/mol. The van der Waals surface area contributed by atoms with Crippen LogP contribution in [0.4, 0.5) is 11.5 Å². The largest absolute Gasteiger partial charge is 0.394 e. The Morgan fingerprint density at radius 2 is 2.15 bits per heavy atom. The molecule has 4 N–H and O–H groups in total. The maximum absolute atomic E-state index is 5.84. The molecule has 0 aliphatic carbocycles. The van der Waals surface area contributed by atoms with E-state index in [4.69, 9.17) is 34.7 Å². The quantitative estimate of drug-likeness (QED) is 0.741. The number of hydrogen-bond acceptors (Lipinski definition) is 4. The first-order valence-electron chi connectivity index (χ1n) is 3.44. The number of rotatable bonds is 2. The number of nitrogens with zero attached hydrogens (tertiary/aromatic N) is 2. The first kappa shape index (κ1) is 10.1. The molecule has 1 rings (SSSR count). The summed E-state index contributed by atoms with van der Waals surface area (Å²) in [5.41, 5.74) is 12.5. The van der Waals surface area contributed by atoms with E-state index in [1.807, 2.05) is 0 Å². The van der Waals surface area contributed by atoms with Gasteiger partial charge in [0, 0.05) is 5.54 Å². The summed E-state index contributed by atoms with van der Waals surface area (Å²) in [6.07, 6.45) is 2.95. The molecule has 4 nitrogen and oxygen atoms in total. The molecule has 0 fully saturated rings. The van der Waals surface area contributed by atoms with Crippen molar-refractivity contribution in [2.75, 3.05) is 11.5 Å². The number of anilines is 2. The van der Waals surface area contributed by atoms with E-state index in [-0.39, 0.29) is 5.82 Å². The molecule has 70 valence electrons. The highest BCUT2D eigenvalue weighted by Crippen LogP contribution is 2.20. The number of halogens is 2. The van der Waals surface area contributed by atoms with E-state index in [0.717, 1.165) is 0 Å². The molecule has 1 heterocycles. The third-order valence-corrected chi connectivity index (χ3v) is 1.84. The zero-order chi connectivity index (χ0) is 9.84. The number of aromatic nitrogens is 2. The van der Waals surface area contributed by atoms with Crippen LogP contribution < -0.4 is 11.5 Å². The smallest absolute Gasteiger partial charge is 0.152 e. The van der Waals surface area contributed by atoms with Crippen LogP contribution >= 0.6 is 23.2 Å². The number of nitrogen functional groups attached to an aromatic ring is 2. The monoisotopic (exact) mass is 218 g/mol. The molecule has 1 atom stereocenters. The van der Waals surface area contributed by atoms with Gasteiger partial charge in [0.05, 0.1) is 11.9 Å². The Bertz CT molecular complexity index is 326. The zero-order valence-electron chi connectivity index (χ0n) is 6.61. The van der Waals surface area contributed by atoms with Crippen LogP contribution in [0.15, 0.2) is 17.8 Å². The van der Waals surface area contributed by atoms with Crippen LogP contribution in [0, 0.1) is 0 Å². The fourth-order valence-corrected chi connectivity index (χ4v) is 1.10. The first-order chi connectivity index (χ1) is 6.15. The number of allylic oxidation sites excluding steroid dienone is 1. The third-order valence-electron chi connectivity index (χ3n) is 1.36. The van der Waals surface area contributed by atoms with Gasteiger partial charge in [-0.3, -0.25) is 0 Å². The summed E-state index contributed by atoms with van der Waals surface area (Å²) in [5.74, 6) is 0.601. The van der Waals surface area contributed by atoms with Crippen molar-refractivity contribution in [1.82, 2.24) is 9.97 Å². The van der Waals surface area contributed by atoms with Crippen molar-refractivity contribution in [2.45, 2.75) is 5.38 Å². The van der Waals surface area contributed by atoms with Crippen molar-refractivity contribution in [1.29, 1.82) is 0 Å². The lowest BCUT2D eigenvalue weighted by atomic mass is 10.3. The lowest BCUT2D eigenvalue weighted by molar-refractivity contribution is 0.975. The molecule has 0 spiro atoms. The highest BCUT2D eigenvalue weighted by atomic mass is 35.5. The summed E-state index contributed by atoms with van der Waals surface area (Å²) in [7, 11) is 0. The minimum Gasteiger partial charge on any atom is -0.394 e. The topological polar surface area (TPSA) is 77.8 Å². The van der Waals surface area contributed by atoms with Gasteiger partial charge >= 0.3 is 0 Å². The van der Waals surface area contributed by atoms with Crippen molar-refractivity contribution in [3.63, 3.8) is 0 Å². The summed E-state index contributed by atoms with van der Waals surface area (Å²) in [5, 5.41) is -0.486. The fraction of sp³-hybridized carbons (Fsp3) is 0.143. The summed E-state index contributed by atoms with van der Waals surface area (Å²) in [6.45, 7) is 0. The van der Waals surface area contributed by atoms with Crippen molar-refractivity contribution in [2.24, 2.45) is 0 Å². The Labute approximate surface area is 85.6 Å². The molecule has 0 bridgehead atoms. The molecule has 13 heavy (non-hydrogen) atoms. The molecule has 0 amide bonds. The Morgan fingerprint density at radius 1 is 1.46 bits per heavy atom. The summed E-state index contributed by atoms with van der Waals surface area (Å²) in [4.78, 5) is 7.79. The SMILES string of the molecule is Nc1cnc(C(Cl)C=CCl)nc1N. The van der Waals surface area contributed by atoms with Gasteiger partial charge in [-0.15, -0.1) is 11.6 Å². The maximum Gasteiger partial charge on any atom is 0.152 e. The van der Waals surface area contributed by atoms with Crippen molar-refractivity contribution < 1.29 is 0 Å². The van der Waals surface area contributed by atoms with Crippen LogP contribution in [0.3, 0.4) is 0 Å². The van der Waals surface area contributed by atoms with Gasteiger partial charge in [0.2, 0.25) is 0 Å². The van der Waals surface area contributed by atoms with Crippen LogP contribution in [0.2, 0.25) is 0 Å². The van der Waals surface area contributed by atoms with Crippen molar-refractivity contribution in [3.8, 4) is 0 Å². The second-order valence-corrected chi connectivity index (χ2v) is 3.01. The van der Waals surface area contributed by atoms with Crippen LogP contribution in [-0.4, -0.2) is 9.97 Å². The molecule has 1 aromatic heterocycles. The molecule has 0 aromatic carbocycles. The van der Waals surface area contributed by atoms with Gasteiger partial charge in [-0.1, -0.05) is 11.6 Å². The molecular formula is C7H8Cl2N4. The van der Waals surface area contributed by atoms with Crippen molar-refractivity contribution in [3.05, 3.63) is 23.6 Å². The van der Waals surface area contributed by atoms with Gasteiger partial charge in [-0.2, -0.15) is 0 Å². The average Bonchev–Trinajstić information content (AvgIpc) is 2.10. The average molecular weight is 219 g/mol. The van der Waals surface area contributed by atoms with Gasteiger partial charge in [0.1, 0.15) is 11.2 Å². The van der Waals surface area contributed by atoms with E-state index in [9.17, 15) is 0 Å². The molecule has 0 aliphatic rings. The molecule has 1 unspecified atom stereocenters. The van der Waals surface area contributed by atoms with Crippen LogP contribution in [0.5, 0.6) is 0 Å². The summed E-state index contributed by atoms with van der Waals surface area (Å²) < 4.78 is 0. The predicted octanol–water partition coefficient (Wildman–Crippen LogP) is 1.67. The van der Waals surface area contributed by atoms with Gasteiger partial charge in [-0.25, -0.2) is 9.97 Å². The summed E-state index contributed by atoms with van der Waals surface area (Å²) in [6, 6.07) is 0. The van der Waals surface area contributed by atoms with E-state index in [1.54, 1.807) is 0 Å². The molecule has 0 radical (unpaired) electrons. The minimum absolute atomic E-state index is 0.221. The van der Waals surface area contributed by atoms with Crippen LogP contribution in [0.25, 0.3) is 0 Å². The van der Waals surface area contributed by atoms with E-state index >= 15 is 0 Å². The lowest BCUT2D eigenvalue weighted by Gasteiger charge is -2.04. The van der Waals surface area contributed by atoms with Gasteiger partial charge in [-0.05, 0) is 6.08 Å². The predicted molar refractivity (Wildman–Crippen MR) is 54.4 cm³/mol. The molecule has 0 saturated carbocycles. The number of hydrogen-bond donors (Lipinski definition) is 2. The van der Waals surface area contributed by atoms with Crippen molar-refractivity contribution >= 4 is 34.7 Å². The molecule has 0 saturated heterocycles. The molecule has 0 aliphatic heterocycles. The second kappa shape index (κ2) is 4.30.